The van der Waals surface area contributed by atoms with Gasteiger partial charge in [-0.05, 0) is 49.4 Å². The number of ether oxygens (including phenoxy) is 4. The van der Waals surface area contributed by atoms with Crippen molar-refractivity contribution in [3.8, 4) is 23.0 Å². The first-order valence-corrected chi connectivity index (χ1v) is 9.64. The maximum atomic E-state index is 11.0. The minimum absolute atomic E-state index is 0.126. The van der Waals surface area contributed by atoms with Crippen molar-refractivity contribution in [3.63, 3.8) is 0 Å². The fraction of sp³-hybridized carbons (Fsp3) is 0.381. The van der Waals surface area contributed by atoms with Gasteiger partial charge in [-0.2, -0.15) is 0 Å². The summed E-state index contributed by atoms with van der Waals surface area (Å²) in [6.07, 6.45) is 0. The largest absolute Gasteiger partial charge is 0.493 e. The lowest BCUT2D eigenvalue weighted by molar-refractivity contribution is -0.119. The molecule has 1 aliphatic rings. The van der Waals surface area contributed by atoms with Crippen LogP contribution in [0.3, 0.4) is 0 Å². The Morgan fingerprint density at radius 1 is 1.24 bits per heavy atom. The second-order valence-corrected chi connectivity index (χ2v) is 7.27. The van der Waals surface area contributed by atoms with Crippen LogP contribution in [-0.2, 0) is 11.3 Å². The number of methoxy groups -OCH3 is 1. The van der Waals surface area contributed by atoms with Crippen molar-refractivity contribution < 1.29 is 23.7 Å². The number of hydrogen-bond acceptors (Lipinski definition) is 6. The predicted molar refractivity (Wildman–Crippen MR) is 110 cm³/mol. The van der Waals surface area contributed by atoms with Crippen LogP contribution in [0.5, 0.6) is 23.0 Å². The summed E-state index contributed by atoms with van der Waals surface area (Å²) in [4.78, 5) is 13.2. The Bertz CT molecular complexity index is 890. The number of primary amides is 1. The number of amides is 1. The second kappa shape index (κ2) is 9.24. The van der Waals surface area contributed by atoms with Crippen LogP contribution in [0.4, 0.5) is 0 Å². The van der Waals surface area contributed by atoms with Crippen LogP contribution < -0.4 is 24.7 Å². The third kappa shape index (κ3) is 5.05. The number of hydrogen-bond donors (Lipinski definition) is 1. The van der Waals surface area contributed by atoms with Crippen LogP contribution in [0, 0.1) is 0 Å². The number of halogens is 1. The number of carbonyl (C=O) groups excluding carboxylic acids is 1. The number of fused-ring (bicyclic) bond motifs is 1. The van der Waals surface area contributed by atoms with E-state index in [0.29, 0.717) is 36.3 Å². The van der Waals surface area contributed by atoms with E-state index in [1.54, 1.807) is 6.07 Å². The van der Waals surface area contributed by atoms with E-state index in [9.17, 15) is 4.79 Å². The standard InChI is InChI=1S/C21H25ClN2O5/c1-13(15-4-5-17-18(10-15)28-7-6-27-17)24(2)11-14-8-16(22)21(19(9-14)26-3)29-12-20(23)25/h4-5,8-10,13H,6-7,11-12H2,1-3H3,(H2,23,25). The zero-order valence-corrected chi connectivity index (χ0v) is 17.5. The topological polar surface area (TPSA) is 83.2 Å². The highest BCUT2D eigenvalue weighted by molar-refractivity contribution is 6.32. The van der Waals surface area contributed by atoms with E-state index in [1.165, 1.54) is 7.11 Å². The summed E-state index contributed by atoms with van der Waals surface area (Å²) >= 11 is 6.35. The van der Waals surface area contributed by atoms with Gasteiger partial charge in [0.2, 0.25) is 0 Å². The number of nitrogens with two attached hydrogens (primary N) is 1. The third-order valence-electron chi connectivity index (χ3n) is 4.79. The zero-order valence-electron chi connectivity index (χ0n) is 16.7. The SMILES string of the molecule is COc1cc(CN(C)C(C)c2ccc3c(c2)OCCO3)cc(Cl)c1OCC(N)=O. The van der Waals surface area contributed by atoms with Gasteiger partial charge in [-0.15, -0.1) is 0 Å². The van der Waals surface area contributed by atoms with Crippen molar-refractivity contribution in [3.05, 3.63) is 46.5 Å². The molecule has 2 aromatic rings. The van der Waals surface area contributed by atoms with Crippen molar-refractivity contribution >= 4 is 17.5 Å². The lowest BCUT2D eigenvalue weighted by Gasteiger charge is -2.27. The van der Waals surface area contributed by atoms with E-state index >= 15 is 0 Å². The van der Waals surface area contributed by atoms with Gasteiger partial charge >= 0.3 is 0 Å². The fourth-order valence-corrected chi connectivity index (χ4v) is 3.43. The van der Waals surface area contributed by atoms with Crippen LogP contribution in [0.1, 0.15) is 24.1 Å². The van der Waals surface area contributed by atoms with Crippen LogP contribution in [-0.4, -0.2) is 44.8 Å². The Morgan fingerprint density at radius 3 is 2.66 bits per heavy atom. The van der Waals surface area contributed by atoms with Gasteiger partial charge in [-0.3, -0.25) is 9.69 Å². The molecular formula is C21H25ClN2O5. The molecule has 29 heavy (non-hydrogen) atoms. The first-order chi connectivity index (χ1) is 13.9. The molecule has 1 amide bonds. The number of rotatable bonds is 8. The van der Waals surface area contributed by atoms with Gasteiger partial charge in [0.05, 0.1) is 12.1 Å². The summed E-state index contributed by atoms with van der Waals surface area (Å²) in [6.45, 7) is 3.61. The van der Waals surface area contributed by atoms with Crippen LogP contribution in [0.15, 0.2) is 30.3 Å². The Morgan fingerprint density at radius 2 is 1.97 bits per heavy atom. The quantitative estimate of drug-likeness (QED) is 0.706. The van der Waals surface area contributed by atoms with Gasteiger partial charge in [0.15, 0.2) is 29.6 Å². The highest BCUT2D eigenvalue weighted by Crippen LogP contribution is 2.38. The van der Waals surface area contributed by atoms with Crippen molar-refractivity contribution in [1.82, 2.24) is 4.90 Å². The van der Waals surface area contributed by atoms with Crippen LogP contribution in [0.25, 0.3) is 0 Å². The van der Waals surface area contributed by atoms with E-state index in [0.717, 1.165) is 22.6 Å². The molecule has 0 bridgehead atoms. The molecule has 0 saturated carbocycles. The molecule has 1 aliphatic heterocycles. The Kier molecular flexibility index (Phi) is 6.71. The molecule has 0 fully saturated rings. The van der Waals surface area contributed by atoms with Crippen molar-refractivity contribution in [2.45, 2.75) is 19.5 Å². The summed E-state index contributed by atoms with van der Waals surface area (Å²) in [5.74, 6) is 1.72. The monoisotopic (exact) mass is 420 g/mol. The summed E-state index contributed by atoms with van der Waals surface area (Å²) < 4.78 is 22.0. The third-order valence-corrected chi connectivity index (χ3v) is 5.07. The molecule has 156 valence electrons. The van der Waals surface area contributed by atoms with E-state index in [4.69, 9.17) is 36.3 Å². The Hall–Kier alpha value is -2.64. The summed E-state index contributed by atoms with van der Waals surface area (Å²) in [6, 6.07) is 9.77. The van der Waals surface area contributed by atoms with Gasteiger partial charge in [0.25, 0.3) is 5.91 Å². The van der Waals surface area contributed by atoms with Crippen LogP contribution >= 0.6 is 11.6 Å². The molecule has 7 nitrogen and oxygen atoms in total. The van der Waals surface area contributed by atoms with Gasteiger partial charge in [-0.1, -0.05) is 17.7 Å². The van der Waals surface area contributed by atoms with Gasteiger partial charge in [0, 0.05) is 12.6 Å². The molecule has 8 heteroatoms. The zero-order chi connectivity index (χ0) is 21.0. The predicted octanol–water partition coefficient (Wildman–Crippen LogP) is 3.18. The fourth-order valence-electron chi connectivity index (χ4n) is 3.15. The van der Waals surface area contributed by atoms with Crippen molar-refractivity contribution in [2.24, 2.45) is 5.73 Å². The molecule has 0 saturated heterocycles. The molecule has 1 unspecified atom stereocenters. The lowest BCUT2D eigenvalue weighted by atomic mass is 10.1. The maximum Gasteiger partial charge on any atom is 0.255 e. The highest BCUT2D eigenvalue weighted by Gasteiger charge is 2.19. The van der Waals surface area contributed by atoms with E-state index in [-0.39, 0.29) is 12.6 Å². The lowest BCUT2D eigenvalue weighted by Crippen LogP contribution is -2.23. The maximum absolute atomic E-state index is 11.0. The van der Waals surface area contributed by atoms with E-state index < -0.39 is 5.91 Å². The first-order valence-electron chi connectivity index (χ1n) is 9.26. The molecule has 2 N–H and O–H groups in total. The molecular weight excluding hydrogens is 396 g/mol. The average molecular weight is 421 g/mol. The van der Waals surface area contributed by atoms with Crippen molar-refractivity contribution in [2.75, 3.05) is 34.0 Å². The van der Waals surface area contributed by atoms with Crippen molar-refractivity contribution in [1.29, 1.82) is 0 Å². The second-order valence-electron chi connectivity index (χ2n) is 6.86. The highest BCUT2D eigenvalue weighted by atomic mass is 35.5. The Labute approximate surface area is 175 Å². The molecule has 0 radical (unpaired) electrons. The molecule has 1 atom stereocenters. The minimum Gasteiger partial charge on any atom is -0.493 e. The summed E-state index contributed by atoms with van der Waals surface area (Å²) in [5, 5.41) is 0.362. The number of benzene rings is 2. The Balaban J connectivity index is 1.74. The normalized spacial score (nSPS) is 13.8. The average Bonchev–Trinajstić information content (AvgIpc) is 2.71. The van der Waals surface area contributed by atoms with Gasteiger partial charge < -0.3 is 24.7 Å². The van der Waals surface area contributed by atoms with E-state index in [2.05, 4.69) is 11.8 Å². The molecule has 0 spiro atoms. The number of carbonyl (C=O) groups is 1. The first kappa shape index (κ1) is 21.1. The minimum atomic E-state index is -0.583. The van der Waals surface area contributed by atoms with E-state index in [1.807, 2.05) is 31.3 Å². The molecule has 2 aromatic carbocycles. The molecule has 3 rings (SSSR count). The summed E-state index contributed by atoms with van der Waals surface area (Å²) in [7, 11) is 3.55. The molecule has 0 aromatic heterocycles. The summed E-state index contributed by atoms with van der Waals surface area (Å²) in [5.41, 5.74) is 7.21. The molecule has 1 heterocycles. The molecule has 0 aliphatic carbocycles. The smallest absolute Gasteiger partial charge is 0.255 e. The van der Waals surface area contributed by atoms with Crippen LogP contribution in [0.2, 0.25) is 5.02 Å². The van der Waals surface area contributed by atoms with Gasteiger partial charge in [-0.25, -0.2) is 0 Å². The number of nitrogens with zero attached hydrogens (tertiary/aromatic N) is 1. The van der Waals surface area contributed by atoms with Gasteiger partial charge in [0.1, 0.15) is 13.2 Å².